The summed E-state index contributed by atoms with van der Waals surface area (Å²) in [6, 6.07) is 71.3. The number of ether oxygens (including phenoxy) is 4. The van der Waals surface area contributed by atoms with Gasteiger partial charge in [0.15, 0.2) is 23.0 Å². The maximum atomic E-state index is 13.5. The second kappa shape index (κ2) is 38.8. The first-order valence-electron chi connectivity index (χ1n) is 32.8. The molecule has 3 heterocycles. The summed E-state index contributed by atoms with van der Waals surface area (Å²) in [6.45, 7) is 6.70. The predicted octanol–water partition coefficient (Wildman–Crippen LogP) is 14.7. The van der Waals surface area contributed by atoms with Crippen molar-refractivity contribution in [1.29, 1.82) is 0 Å². The first-order chi connectivity index (χ1) is 46.0. The van der Waals surface area contributed by atoms with Gasteiger partial charge in [-0.25, -0.2) is 8.42 Å². The second-order valence-electron chi connectivity index (χ2n) is 23.5. The molecule has 14 nitrogen and oxygen atoms in total. The van der Waals surface area contributed by atoms with Crippen molar-refractivity contribution in [1.82, 2.24) is 29.4 Å². The maximum absolute atomic E-state index is 13.5. The average Bonchev–Trinajstić information content (AvgIpc) is 1.44. The van der Waals surface area contributed by atoms with E-state index in [1.165, 1.54) is 35.1 Å². The average molecular weight is 1290 g/mol. The molecule has 15 heteroatoms. The van der Waals surface area contributed by atoms with Gasteiger partial charge in [0, 0.05) is 94.8 Å². The zero-order valence-corrected chi connectivity index (χ0v) is 55.9. The molecule has 1 N–H and O–H groups in total. The SMILES string of the molecule is COc1cc(CN(CCC2CCCCN2)S(=O)(=O)c2ccccc2)ccc1OCc1ccccc1.COc1ccc(CN(CCc2ccccn2)C(=O)CCCc2ccccc2)cc1OC.Cc1ccc(CN(CCc2ccccn2)C(=O)CCCc2ccccc2)cc1. The number of carbonyl (C=O) groups is 2. The Labute approximate surface area is 558 Å². The number of rotatable bonds is 31. The number of nitrogens with one attached hydrogen (secondary N) is 1. The van der Waals surface area contributed by atoms with E-state index in [4.69, 9.17) is 18.9 Å². The van der Waals surface area contributed by atoms with Crippen molar-refractivity contribution >= 4 is 21.8 Å². The molecular weight excluding hydrogens is 1190 g/mol. The summed E-state index contributed by atoms with van der Waals surface area (Å²) in [5, 5.41) is 3.52. The molecule has 0 aliphatic carbocycles. The van der Waals surface area contributed by atoms with Crippen molar-refractivity contribution in [3.63, 3.8) is 0 Å². The standard InChI is InChI=1S/C28H34N2O4S.C26H30N2O3.C25H28N2O/c1-33-28-20-24(15-16-27(28)34-22-23-10-4-2-5-11-23)21-30(19-17-25-12-8-9-18-29-25)35(31,32)26-13-6-3-7-14-26;1-30-24-15-14-22(19-25(24)31-2)20-28(18-16-23-12-6-7-17-27-23)26(29)13-8-11-21-9-4-3-5-10-21;1-21-13-15-23(16-14-21)20-27(19-17-24-11-5-6-18-26-24)25(28)12-7-10-22-8-3-2-4-9-22/h2-7,10-11,13-16,20,25,29H,8-9,12,17-19,21-22H2,1H3;3-7,9-10,12,14-15,17,19H,8,11,13,16,18,20H2,1-2H3;2-6,8-9,11,13-16,18H,7,10,12,17,19-20H2,1H3. The molecule has 10 rings (SSSR count). The molecular formula is C79H92N6O8S. The molecule has 1 fully saturated rings. The summed E-state index contributed by atoms with van der Waals surface area (Å²) >= 11 is 0. The highest BCUT2D eigenvalue weighted by atomic mass is 32.2. The molecule has 1 unspecified atom stereocenters. The number of hydrogen-bond donors (Lipinski definition) is 1. The van der Waals surface area contributed by atoms with Crippen molar-refractivity contribution in [2.45, 2.75) is 121 Å². The van der Waals surface area contributed by atoms with E-state index in [2.05, 4.69) is 70.7 Å². The normalized spacial score (nSPS) is 12.7. The molecule has 2 amide bonds. The minimum atomic E-state index is -3.64. The number of nitrogens with zero attached hydrogens (tertiary/aromatic N) is 5. The number of piperidine rings is 1. The Bertz CT molecular complexity index is 3740. The van der Waals surface area contributed by atoms with Crippen LogP contribution in [0.25, 0.3) is 0 Å². The first kappa shape index (κ1) is 70.7. The molecule has 1 atom stereocenters. The summed E-state index contributed by atoms with van der Waals surface area (Å²) in [6.07, 6.45) is 13.9. The van der Waals surface area contributed by atoms with E-state index in [0.717, 1.165) is 86.0 Å². The maximum Gasteiger partial charge on any atom is 0.243 e. The highest BCUT2D eigenvalue weighted by molar-refractivity contribution is 7.89. The number of hydrogen-bond acceptors (Lipinski definition) is 11. The number of benzene rings is 7. The van der Waals surface area contributed by atoms with Gasteiger partial charge in [0.05, 0.1) is 26.2 Å². The molecule has 1 saturated heterocycles. The van der Waals surface area contributed by atoms with Crippen molar-refractivity contribution in [3.05, 3.63) is 281 Å². The molecule has 2 aromatic heterocycles. The lowest BCUT2D eigenvalue weighted by atomic mass is 10.0. The lowest BCUT2D eigenvalue weighted by Crippen LogP contribution is -2.39. The Kier molecular flexibility index (Phi) is 29.2. The quantitative estimate of drug-likeness (QED) is 0.0442. The fraction of sp³-hybridized carbons (Fsp3) is 0.316. The fourth-order valence-electron chi connectivity index (χ4n) is 11.1. The van der Waals surface area contributed by atoms with E-state index in [1.807, 2.05) is 155 Å². The summed E-state index contributed by atoms with van der Waals surface area (Å²) in [4.78, 5) is 39.0. The largest absolute Gasteiger partial charge is 0.493 e. The van der Waals surface area contributed by atoms with Crippen LogP contribution in [0.15, 0.2) is 236 Å². The van der Waals surface area contributed by atoms with Crippen LogP contribution in [0.4, 0.5) is 0 Å². The Morgan fingerprint density at radius 1 is 0.479 bits per heavy atom. The summed E-state index contributed by atoms with van der Waals surface area (Å²) in [7, 11) is 1.19. The van der Waals surface area contributed by atoms with Crippen LogP contribution in [0.1, 0.15) is 102 Å². The summed E-state index contributed by atoms with van der Waals surface area (Å²) in [5.74, 6) is 2.93. The molecule has 0 saturated carbocycles. The molecule has 94 heavy (non-hydrogen) atoms. The Morgan fingerprint density at radius 3 is 1.45 bits per heavy atom. The summed E-state index contributed by atoms with van der Waals surface area (Å²) < 4.78 is 51.0. The van der Waals surface area contributed by atoms with Gasteiger partial charge >= 0.3 is 0 Å². The Morgan fingerprint density at radius 2 is 0.947 bits per heavy atom. The van der Waals surface area contributed by atoms with Crippen LogP contribution in [-0.2, 0) is 71.5 Å². The molecule has 0 radical (unpaired) electrons. The molecule has 1 aliphatic rings. The van der Waals surface area contributed by atoms with Crippen LogP contribution in [0.5, 0.6) is 23.0 Å². The molecule has 7 aromatic carbocycles. The van der Waals surface area contributed by atoms with Gasteiger partial charge in [-0.1, -0.05) is 170 Å². The Balaban J connectivity index is 0.000000182. The minimum absolute atomic E-state index is 0.154. The van der Waals surface area contributed by atoms with Crippen molar-refractivity contribution < 1.29 is 37.0 Å². The highest BCUT2D eigenvalue weighted by Gasteiger charge is 2.27. The van der Waals surface area contributed by atoms with Gasteiger partial charge in [-0.3, -0.25) is 19.6 Å². The third kappa shape index (κ3) is 23.8. The number of aromatic nitrogens is 2. The predicted molar refractivity (Wildman–Crippen MR) is 374 cm³/mol. The van der Waals surface area contributed by atoms with Crippen LogP contribution >= 0.6 is 0 Å². The number of aryl methyl sites for hydroxylation is 3. The molecule has 9 aromatic rings. The van der Waals surface area contributed by atoms with Gasteiger partial charge in [-0.15, -0.1) is 0 Å². The van der Waals surface area contributed by atoms with Crippen LogP contribution in [0.3, 0.4) is 0 Å². The van der Waals surface area contributed by atoms with Crippen molar-refractivity contribution in [2.24, 2.45) is 0 Å². The van der Waals surface area contributed by atoms with E-state index >= 15 is 0 Å². The van der Waals surface area contributed by atoms with E-state index in [-0.39, 0.29) is 18.4 Å². The van der Waals surface area contributed by atoms with E-state index in [0.29, 0.717) is 86.1 Å². The van der Waals surface area contributed by atoms with Crippen LogP contribution in [-0.4, -0.2) is 97.9 Å². The minimum Gasteiger partial charge on any atom is -0.493 e. The molecule has 0 bridgehead atoms. The Hall–Kier alpha value is -9.15. The summed E-state index contributed by atoms with van der Waals surface area (Å²) in [5.41, 5.74) is 9.88. The number of carbonyl (C=O) groups excluding carboxylic acids is 2. The zero-order chi connectivity index (χ0) is 66.0. The van der Waals surface area contributed by atoms with Crippen LogP contribution in [0.2, 0.25) is 0 Å². The first-order valence-corrected chi connectivity index (χ1v) is 34.2. The number of sulfonamides is 1. The van der Waals surface area contributed by atoms with Gasteiger partial charge in [0.2, 0.25) is 21.8 Å². The van der Waals surface area contributed by atoms with Gasteiger partial charge < -0.3 is 34.1 Å². The van der Waals surface area contributed by atoms with Gasteiger partial charge in [-0.05, 0) is 152 Å². The third-order valence-electron chi connectivity index (χ3n) is 16.5. The van der Waals surface area contributed by atoms with Crippen LogP contribution in [0, 0.1) is 6.92 Å². The molecule has 0 spiro atoms. The van der Waals surface area contributed by atoms with Crippen LogP contribution < -0.4 is 24.3 Å². The van der Waals surface area contributed by atoms with E-state index < -0.39 is 10.0 Å². The molecule has 1 aliphatic heterocycles. The number of pyridine rings is 2. The van der Waals surface area contributed by atoms with Gasteiger partial charge in [0.25, 0.3) is 0 Å². The smallest absolute Gasteiger partial charge is 0.243 e. The number of amides is 2. The monoisotopic (exact) mass is 1280 g/mol. The molecule has 492 valence electrons. The lowest BCUT2D eigenvalue weighted by molar-refractivity contribution is -0.132. The van der Waals surface area contributed by atoms with Crippen molar-refractivity contribution in [2.75, 3.05) is 47.5 Å². The van der Waals surface area contributed by atoms with Gasteiger partial charge in [-0.2, -0.15) is 4.31 Å². The second-order valence-corrected chi connectivity index (χ2v) is 25.4. The fourth-order valence-corrected chi connectivity index (χ4v) is 12.6. The highest BCUT2D eigenvalue weighted by Crippen LogP contribution is 2.32. The topological polar surface area (TPSA) is 153 Å². The van der Waals surface area contributed by atoms with Gasteiger partial charge in [0.1, 0.15) is 6.61 Å². The van der Waals surface area contributed by atoms with E-state index in [9.17, 15) is 18.0 Å². The lowest BCUT2D eigenvalue weighted by Gasteiger charge is -2.28. The number of methoxy groups -OCH3 is 3. The third-order valence-corrected chi connectivity index (χ3v) is 18.4. The van der Waals surface area contributed by atoms with E-state index in [1.54, 1.807) is 62.3 Å². The van der Waals surface area contributed by atoms with Crippen molar-refractivity contribution in [3.8, 4) is 23.0 Å². The zero-order valence-electron chi connectivity index (χ0n) is 55.1.